The van der Waals surface area contributed by atoms with Crippen molar-refractivity contribution in [3.05, 3.63) is 63.1 Å². The van der Waals surface area contributed by atoms with Crippen LogP contribution in [-0.2, 0) is 6.54 Å². The first-order chi connectivity index (χ1) is 8.56. The second-order valence-electron chi connectivity index (χ2n) is 4.41. The number of aryl methyl sites for hydroxylation is 2. The maximum absolute atomic E-state index is 6.14. The van der Waals surface area contributed by atoms with Crippen molar-refractivity contribution in [1.82, 2.24) is 0 Å². The summed E-state index contributed by atoms with van der Waals surface area (Å²) in [7, 11) is 0. The van der Waals surface area contributed by atoms with E-state index in [1.54, 1.807) is 6.07 Å². The molecule has 94 valence electrons. The monoisotopic (exact) mass is 279 g/mol. The molecule has 18 heavy (non-hydrogen) atoms. The molecule has 2 rings (SSSR count). The van der Waals surface area contributed by atoms with E-state index in [1.807, 2.05) is 12.1 Å². The van der Waals surface area contributed by atoms with Crippen molar-refractivity contribution in [2.24, 2.45) is 0 Å². The molecule has 0 atom stereocenters. The van der Waals surface area contributed by atoms with Crippen LogP contribution in [0.3, 0.4) is 0 Å². The van der Waals surface area contributed by atoms with Crippen molar-refractivity contribution in [3.63, 3.8) is 0 Å². The molecule has 0 saturated heterocycles. The highest BCUT2D eigenvalue weighted by Gasteiger charge is 2.03. The Balaban J connectivity index is 2.13. The predicted octanol–water partition coefficient (Wildman–Crippen LogP) is 5.22. The summed E-state index contributed by atoms with van der Waals surface area (Å²) in [6, 6.07) is 11.9. The molecule has 0 saturated carbocycles. The van der Waals surface area contributed by atoms with E-state index in [0.29, 0.717) is 16.6 Å². The molecule has 2 aromatic carbocycles. The Morgan fingerprint density at radius 1 is 1.00 bits per heavy atom. The lowest BCUT2D eigenvalue weighted by atomic mass is 10.1. The van der Waals surface area contributed by atoms with Crippen LogP contribution in [0.5, 0.6) is 0 Å². The minimum absolute atomic E-state index is 0.662. The predicted molar refractivity (Wildman–Crippen MR) is 79.7 cm³/mol. The fraction of sp³-hybridized carbons (Fsp3) is 0.200. The van der Waals surface area contributed by atoms with E-state index in [2.05, 4.69) is 37.4 Å². The summed E-state index contributed by atoms with van der Waals surface area (Å²) < 4.78 is 0. The third kappa shape index (κ3) is 3.18. The van der Waals surface area contributed by atoms with Crippen molar-refractivity contribution in [2.75, 3.05) is 5.32 Å². The smallest absolute Gasteiger partial charge is 0.0470 e. The lowest BCUT2D eigenvalue weighted by Crippen LogP contribution is -2.01. The highest BCUT2D eigenvalue weighted by molar-refractivity contribution is 6.35. The molecule has 1 nitrogen and oxygen atoms in total. The number of anilines is 1. The maximum atomic E-state index is 6.14. The zero-order valence-electron chi connectivity index (χ0n) is 10.4. The molecule has 0 aliphatic carbocycles. The molecule has 0 amide bonds. The van der Waals surface area contributed by atoms with Gasteiger partial charge in [-0.3, -0.25) is 0 Å². The summed E-state index contributed by atoms with van der Waals surface area (Å²) in [5.41, 5.74) is 4.65. The largest absolute Gasteiger partial charge is 0.381 e. The lowest BCUT2D eigenvalue weighted by molar-refractivity contribution is 1.14. The van der Waals surface area contributed by atoms with E-state index in [9.17, 15) is 0 Å². The third-order valence-corrected chi connectivity index (χ3v) is 3.46. The van der Waals surface area contributed by atoms with Crippen LogP contribution in [0.15, 0.2) is 36.4 Å². The van der Waals surface area contributed by atoms with E-state index < -0.39 is 0 Å². The molecule has 0 bridgehead atoms. The highest BCUT2D eigenvalue weighted by Crippen LogP contribution is 2.23. The highest BCUT2D eigenvalue weighted by atomic mass is 35.5. The van der Waals surface area contributed by atoms with Crippen molar-refractivity contribution >= 4 is 28.9 Å². The molecule has 0 spiro atoms. The Hall–Kier alpha value is -1.18. The van der Waals surface area contributed by atoms with Gasteiger partial charge in [0.15, 0.2) is 0 Å². The number of benzene rings is 2. The molecular formula is C15H15Cl2N. The van der Waals surface area contributed by atoms with Gasteiger partial charge in [-0.15, -0.1) is 0 Å². The SMILES string of the molecule is Cc1ccc(C)c(NCc2ccc(Cl)cc2Cl)c1. The Morgan fingerprint density at radius 2 is 1.78 bits per heavy atom. The van der Waals surface area contributed by atoms with Gasteiger partial charge in [-0.05, 0) is 48.7 Å². The normalized spacial score (nSPS) is 10.4. The van der Waals surface area contributed by atoms with Gasteiger partial charge in [0, 0.05) is 22.3 Å². The van der Waals surface area contributed by atoms with E-state index in [1.165, 1.54) is 11.1 Å². The molecule has 0 unspecified atom stereocenters. The molecule has 0 radical (unpaired) electrons. The van der Waals surface area contributed by atoms with Gasteiger partial charge in [0.2, 0.25) is 0 Å². The second kappa shape index (κ2) is 5.64. The number of hydrogen-bond acceptors (Lipinski definition) is 1. The molecule has 3 heteroatoms. The van der Waals surface area contributed by atoms with E-state index in [-0.39, 0.29) is 0 Å². The van der Waals surface area contributed by atoms with E-state index in [0.717, 1.165) is 11.3 Å². The van der Waals surface area contributed by atoms with Crippen molar-refractivity contribution in [2.45, 2.75) is 20.4 Å². The second-order valence-corrected chi connectivity index (χ2v) is 5.25. The number of halogens is 2. The number of rotatable bonds is 3. The lowest BCUT2D eigenvalue weighted by Gasteiger charge is -2.11. The summed E-state index contributed by atoms with van der Waals surface area (Å²) in [6.45, 7) is 4.87. The first-order valence-electron chi connectivity index (χ1n) is 5.81. The minimum Gasteiger partial charge on any atom is -0.381 e. The van der Waals surface area contributed by atoms with Gasteiger partial charge in [-0.2, -0.15) is 0 Å². The fourth-order valence-corrected chi connectivity index (χ4v) is 2.26. The standard InChI is InChI=1S/C15H15Cl2N/c1-10-3-4-11(2)15(7-10)18-9-12-5-6-13(16)8-14(12)17/h3-8,18H,9H2,1-2H3. The molecule has 0 aromatic heterocycles. The van der Waals surface area contributed by atoms with Gasteiger partial charge in [0.1, 0.15) is 0 Å². The Bertz CT molecular complexity index is 564. The molecule has 2 aromatic rings. The van der Waals surface area contributed by atoms with Gasteiger partial charge in [0.05, 0.1) is 0 Å². The van der Waals surface area contributed by atoms with Crippen LogP contribution < -0.4 is 5.32 Å². The quantitative estimate of drug-likeness (QED) is 0.812. The van der Waals surface area contributed by atoms with Gasteiger partial charge < -0.3 is 5.32 Å². The molecule has 0 aliphatic rings. The van der Waals surface area contributed by atoms with Crippen molar-refractivity contribution in [3.8, 4) is 0 Å². The van der Waals surface area contributed by atoms with Crippen LogP contribution in [0.4, 0.5) is 5.69 Å². The fourth-order valence-electron chi connectivity index (χ4n) is 1.78. The van der Waals surface area contributed by atoms with E-state index >= 15 is 0 Å². The number of nitrogens with one attached hydrogen (secondary N) is 1. The van der Waals surface area contributed by atoms with Gasteiger partial charge in [-0.1, -0.05) is 41.4 Å². The molecular weight excluding hydrogens is 265 g/mol. The molecule has 1 N–H and O–H groups in total. The summed E-state index contributed by atoms with van der Waals surface area (Å²) in [6.07, 6.45) is 0. The van der Waals surface area contributed by atoms with Crippen LogP contribution in [-0.4, -0.2) is 0 Å². The average molecular weight is 280 g/mol. The Labute approximate surface area is 118 Å². The van der Waals surface area contributed by atoms with Crippen LogP contribution in [0, 0.1) is 13.8 Å². The summed E-state index contributed by atoms with van der Waals surface area (Å²) in [5.74, 6) is 0. The maximum Gasteiger partial charge on any atom is 0.0470 e. The Morgan fingerprint density at radius 3 is 2.50 bits per heavy atom. The minimum atomic E-state index is 0.662. The van der Waals surface area contributed by atoms with Gasteiger partial charge in [0.25, 0.3) is 0 Å². The zero-order valence-corrected chi connectivity index (χ0v) is 11.9. The van der Waals surface area contributed by atoms with Crippen LogP contribution in [0.1, 0.15) is 16.7 Å². The van der Waals surface area contributed by atoms with Crippen molar-refractivity contribution < 1.29 is 0 Å². The van der Waals surface area contributed by atoms with Crippen molar-refractivity contribution in [1.29, 1.82) is 0 Å². The van der Waals surface area contributed by atoms with Crippen LogP contribution >= 0.6 is 23.2 Å². The van der Waals surface area contributed by atoms with Gasteiger partial charge >= 0.3 is 0 Å². The van der Waals surface area contributed by atoms with Crippen LogP contribution in [0.25, 0.3) is 0 Å². The first kappa shape index (κ1) is 13.3. The first-order valence-corrected chi connectivity index (χ1v) is 6.57. The molecule has 0 fully saturated rings. The summed E-state index contributed by atoms with van der Waals surface area (Å²) in [4.78, 5) is 0. The van der Waals surface area contributed by atoms with Gasteiger partial charge in [-0.25, -0.2) is 0 Å². The molecule has 0 aliphatic heterocycles. The van der Waals surface area contributed by atoms with E-state index in [4.69, 9.17) is 23.2 Å². The topological polar surface area (TPSA) is 12.0 Å². The zero-order chi connectivity index (χ0) is 13.1. The third-order valence-electron chi connectivity index (χ3n) is 2.88. The number of hydrogen-bond donors (Lipinski definition) is 1. The molecule has 0 heterocycles. The summed E-state index contributed by atoms with van der Waals surface area (Å²) >= 11 is 12.0. The Kier molecular flexibility index (Phi) is 4.15. The summed E-state index contributed by atoms with van der Waals surface area (Å²) in [5, 5.41) is 4.76. The van der Waals surface area contributed by atoms with Crippen LogP contribution in [0.2, 0.25) is 10.0 Å². The average Bonchev–Trinajstić information content (AvgIpc) is 2.32.